The highest BCUT2D eigenvalue weighted by atomic mass is 14.6. The van der Waals surface area contributed by atoms with Crippen LogP contribution in [-0.4, -0.2) is 0 Å². The van der Waals surface area contributed by atoms with E-state index in [0.29, 0.717) is 0 Å². The maximum atomic E-state index is 6.29. The first-order chi connectivity index (χ1) is 11.2. The summed E-state index contributed by atoms with van der Waals surface area (Å²) < 4.78 is 0. The predicted octanol–water partition coefficient (Wildman–Crippen LogP) is 4.75. The van der Waals surface area contributed by atoms with Crippen molar-refractivity contribution in [2.75, 3.05) is 11.5 Å². The topological polar surface area (TPSA) is 52.0 Å². The zero-order chi connectivity index (χ0) is 15.8. The van der Waals surface area contributed by atoms with E-state index in [1.54, 1.807) is 0 Å². The van der Waals surface area contributed by atoms with Crippen LogP contribution in [0.4, 0.5) is 11.4 Å². The lowest BCUT2D eigenvalue weighted by molar-refractivity contribution is 1.24. The third-order valence-electron chi connectivity index (χ3n) is 4.51. The molecule has 2 nitrogen and oxygen atoms in total. The summed E-state index contributed by atoms with van der Waals surface area (Å²) in [6.07, 6.45) is 0.736. The van der Waals surface area contributed by atoms with E-state index in [0.717, 1.165) is 28.9 Å². The third kappa shape index (κ3) is 2.29. The molecule has 4 aromatic rings. The van der Waals surface area contributed by atoms with Crippen LogP contribution in [0.5, 0.6) is 0 Å². The maximum absolute atomic E-state index is 6.29. The van der Waals surface area contributed by atoms with E-state index in [9.17, 15) is 0 Å². The fraction of sp³-hybridized carbons (Fsp3) is 0.0476. The Labute approximate surface area is 135 Å². The average molecular weight is 298 g/mol. The van der Waals surface area contributed by atoms with Crippen molar-refractivity contribution in [3.63, 3.8) is 0 Å². The molecule has 112 valence electrons. The molecule has 0 saturated heterocycles. The molecule has 4 aromatic carbocycles. The molecule has 0 aromatic heterocycles. The van der Waals surface area contributed by atoms with Gasteiger partial charge in [-0.05, 0) is 44.8 Å². The SMILES string of the molecule is Nc1ccc2ccccc2c1Cc1c(N)ccc2ccccc12. The van der Waals surface area contributed by atoms with Crippen molar-refractivity contribution in [1.29, 1.82) is 0 Å². The van der Waals surface area contributed by atoms with Gasteiger partial charge in [0.1, 0.15) is 0 Å². The van der Waals surface area contributed by atoms with Crippen molar-refractivity contribution >= 4 is 32.9 Å². The summed E-state index contributed by atoms with van der Waals surface area (Å²) in [6, 6.07) is 24.8. The number of nitrogens with two attached hydrogens (primary N) is 2. The van der Waals surface area contributed by atoms with E-state index < -0.39 is 0 Å². The fourth-order valence-corrected chi connectivity index (χ4v) is 3.28. The summed E-state index contributed by atoms with van der Waals surface area (Å²) in [5.74, 6) is 0. The maximum Gasteiger partial charge on any atom is 0.0356 e. The number of rotatable bonds is 2. The van der Waals surface area contributed by atoms with E-state index >= 15 is 0 Å². The first-order valence-corrected chi connectivity index (χ1v) is 7.76. The van der Waals surface area contributed by atoms with Gasteiger partial charge in [0.2, 0.25) is 0 Å². The highest BCUT2D eigenvalue weighted by Crippen LogP contribution is 2.32. The summed E-state index contributed by atoms with van der Waals surface area (Å²) in [7, 11) is 0. The van der Waals surface area contributed by atoms with E-state index in [1.807, 2.05) is 12.1 Å². The van der Waals surface area contributed by atoms with Gasteiger partial charge < -0.3 is 11.5 Å². The zero-order valence-corrected chi connectivity index (χ0v) is 12.8. The van der Waals surface area contributed by atoms with Gasteiger partial charge in [0.05, 0.1) is 0 Å². The number of anilines is 2. The molecule has 0 fully saturated rings. The minimum atomic E-state index is 0.736. The fourth-order valence-electron chi connectivity index (χ4n) is 3.28. The number of nitrogen functional groups attached to an aromatic ring is 2. The number of hydrogen-bond acceptors (Lipinski definition) is 2. The molecule has 0 radical (unpaired) electrons. The quantitative estimate of drug-likeness (QED) is 0.525. The van der Waals surface area contributed by atoms with Crippen molar-refractivity contribution < 1.29 is 0 Å². The Balaban J connectivity index is 1.95. The van der Waals surface area contributed by atoms with Crippen LogP contribution in [0.25, 0.3) is 21.5 Å². The Morgan fingerprint density at radius 3 is 1.43 bits per heavy atom. The molecule has 0 atom stereocenters. The largest absolute Gasteiger partial charge is 0.398 e. The standard InChI is InChI=1S/C21H18N2/c22-20-11-9-14-5-1-3-7-16(14)18(20)13-19-17-8-4-2-6-15(17)10-12-21(19)23/h1-12H,13,22-23H2. The molecule has 23 heavy (non-hydrogen) atoms. The zero-order valence-electron chi connectivity index (χ0n) is 12.8. The number of hydrogen-bond donors (Lipinski definition) is 2. The first kappa shape index (κ1) is 13.6. The van der Waals surface area contributed by atoms with Gasteiger partial charge in [-0.2, -0.15) is 0 Å². The molecule has 0 aliphatic carbocycles. The predicted molar refractivity (Wildman–Crippen MR) is 99.5 cm³/mol. The second-order valence-corrected chi connectivity index (χ2v) is 5.89. The Morgan fingerprint density at radius 2 is 0.957 bits per heavy atom. The molecule has 0 unspecified atom stereocenters. The second-order valence-electron chi connectivity index (χ2n) is 5.89. The van der Waals surface area contributed by atoms with E-state index in [-0.39, 0.29) is 0 Å². The molecule has 0 aliphatic rings. The van der Waals surface area contributed by atoms with Crippen molar-refractivity contribution in [3.8, 4) is 0 Å². The Kier molecular flexibility index (Phi) is 3.16. The van der Waals surface area contributed by atoms with Crippen LogP contribution in [0.3, 0.4) is 0 Å². The van der Waals surface area contributed by atoms with Gasteiger partial charge in [0.25, 0.3) is 0 Å². The summed E-state index contributed by atoms with van der Waals surface area (Å²) in [5, 5.41) is 4.80. The average Bonchev–Trinajstić information content (AvgIpc) is 2.59. The van der Waals surface area contributed by atoms with Crippen molar-refractivity contribution in [2.45, 2.75) is 6.42 Å². The lowest BCUT2D eigenvalue weighted by Crippen LogP contribution is -2.01. The van der Waals surface area contributed by atoms with Gasteiger partial charge in [-0.25, -0.2) is 0 Å². The molecular formula is C21H18N2. The van der Waals surface area contributed by atoms with E-state index in [2.05, 4.69) is 60.7 Å². The normalized spacial score (nSPS) is 11.1. The summed E-state index contributed by atoms with van der Waals surface area (Å²) in [5.41, 5.74) is 16.5. The van der Waals surface area contributed by atoms with Gasteiger partial charge in [0, 0.05) is 17.8 Å². The molecule has 0 heterocycles. The molecule has 4 N–H and O–H groups in total. The molecule has 0 bridgehead atoms. The molecule has 0 aliphatic heterocycles. The third-order valence-corrected chi connectivity index (χ3v) is 4.51. The van der Waals surface area contributed by atoms with Crippen LogP contribution in [0.1, 0.15) is 11.1 Å². The smallest absolute Gasteiger partial charge is 0.0356 e. The molecule has 4 rings (SSSR count). The van der Waals surface area contributed by atoms with Gasteiger partial charge >= 0.3 is 0 Å². The molecular weight excluding hydrogens is 280 g/mol. The monoisotopic (exact) mass is 298 g/mol. The van der Waals surface area contributed by atoms with Gasteiger partial charge in [0.15, 0.2) is 0 Å². The number of fused-ring (bicyclic) bond motifs is 2. The van der Waals surface area contributed by atoms with Crippen molar-refractivity contribution in [3.05, 3.63) is 83.9 Å². The van der Waals surface area contributed by atoms with Gasteiger partial charge in [-0.15, -0.1) is 0 Å². The van der Waals surface area contributed by atoms with E-state index in [1.165, 1.54) is 21.5 Å². The van der Waals surface area contributed by atoms with Crippen molar-refractivity contribution in [1.82, 2.24) is 0 Å². The lowest BCUT2D eigenvalue weighted by Gasteiger charge is -2.14. The number of benzene rings is 4. The Hall–Kier alpha value is -3.00. The highest BCUT2D eigenvalue weighted by Gasteiger charge is 2.11. The summed E-state index contributed by atoms with van der Waals surface area (Å²) in [6.45, 7) is 0. The van der Waals surface area contributed by atoms with Crippen LogP contribution in [0.15, 0.2) is 72.8 Å². The van der Waals surface area contributed by atoms with Crippen LogP contribution in [0, 0.1) is 0 Å². The van der Waals surface area contributed by atoms with Crippen LogP contribution >= 0.6 is 0 Å². The molecule has 0 spiro atoms. The van der Waals surface area contributed by atoms with E-state index in [4.69, 9.17) is 11.5 Å². The second kappa shape index (κ2) is 5.33. The molecule has 0 amide bonds. The van der Waals surface area contributed by atoms with Gasteiger partial charge in [-0.3, -0.25) is 0 Å². The first-order valence-electron chi connectivity index (χ1n) is 7.76. The minimum Gasteiger partial charge on any atom is -0.398 e. The lowest BCUT2D eigenvalue weighted by atomic mass is 9.93. The van der Waals surface area contributed by atoms with Crippen molar-refractivity contribution in [2.24, 2.45) is 0 Å². The van der Waals surface area contributed by atoms with Crippen LogP contribution in [0.2, 0.25) is 0 Å². The molecule has 2 heteroatoms. The Morgan fingerprint density at radius 1 is 0.522 bits per heavy atom. The summed E-state index contributed by atoms with van der Waals surface area (Å²) in [4.78, 5) is 0. The van der Waals surface area contributed by atoms with Crippen LogP contribution < -0.4 is 11.5 Å². The molecule has 0 saturated carbocycles. The minimum absolute atomic E-state index is 0.736. The Bertz CT molecular complexity index is 935. The highest BCUT2D eigenvalue weighted by molar-refractivity contribution is 5.93. The summed E-state index contributed by atoms with van der Waals surface area (Å²) >= 11 is 0. The van der Waals surface area contributed by atoms with Gasteiger partial charge in [-0.1, -0.05) is 60.7 Å². The van der Waals surface area contributed by atoms with Crippen LogP contribution in [-0.2, 0) is 6.42 Å².